The van der Waals surface area contributed by atoms with Crippen molar-refractivity contribution in [3.63, 3.8) is 0 Å². The Balaban J connectivity index is 2.50. The predicted molar refractivity (Wildman–Crippen MR) is 61.3 cm³/mol. The van der Waals surface area contributed by atoms with E-state index in [4.69, 9.17) is 23.1 Å². The van der Waals surface area contributed by atoms with Gasteiger partial charge in [0.2, 0.25) is 0 Å². The van der Waals surface area contributed by atoms with Crippen molar-refractivity contribution >= 4 is 23.1 Å². The maximum absolute atomic E-state index is 5.85. The lowest BCUT2D eigenvalue weighted by Crippen LogP contribution is -2.00. The fourth-order valence-electron chi connectivity index (χ4n) is 1.17. The summed E-state index contributed by atoms with van der Waals surface area (Å²) in [5, 5.41) is 0.631. The molecule has 1 aromatic carbocycles. The topological polar surface area (TPSA) is 77.8 Å². The van der Waals surface area contributed by atoms with E-state index < -0.39 is 0 Å². The average molecular weight is 221 g/mol. The average Bonchev–Trinajstić information content (AvgIpc) is 2.22. The first-order valence-electron chi connectivity index (χ1n) is 4.31. The molecule has 4 N–H and O–H groups in total. The molecule has 76 valence electrons. The molecule has 0 aliphatic carbocycles. The first-order valence-corrected chi connectivity index (χ1v) is 4.68. The maximum Gasteiger partial charge on any atom is 0.161 e. The lowest BCUT2D eigenvalue weighted by molar-refractivity contribution is 1.19. The van der Waals surface area contributed by atoms with Gasteiger partial charge in [-0.15, -0.1) is 0 Å². The normalized spacial score (nSPS) is 10.2. The Kier molecular flexibility index (Phi) is 2.43. The largest absolute Gasteiger partial charge is 0.394 e. The van der Waals surface area contributed by atoms with E-state index in [-0.39, 0.29) is 5.82 Å². The van der Waals surface area contributed by atoms with Gasteiger partial charge in [0.25, 0.3) is 0 Å². The van der Waals surface area contributed by atoms with Crippen molar-refractivity contribution in [2.45, 2.75) is 0 Å². The molecular weight excluding hydrogens is 212 g/mol. The minimum atomic E-state index is 0.278. The van der Waals surface area contributed by atoms with Gasteiger partial charge in [0.1, 0.15) is 0 Å². The van der Waals surface area contributed by atoms with Crippen LogP contribution in [0.4, 0.5) is 11.5 Å². The third-order valence-electron chi connectivity index (χ3n) is 1.93. The van der Waals surface area contributed by atoms with Crippen LogP contribution in [0.15, 0.2) is 30.5 Å². The summed E-state index contributed by atoms with van der Waals surface area (Å²) in [5.74, 6) is 0.796. The van der Waals surface area contributed by atoms with Gasteiger partial charge in [0.15, 0.2) is 11.6 Å². The molecule has 5 heteroatoms. The molecule has 0 atom stereocenters. The van der Waals surface area contributed by atoms with Crippen molar-refractivity contribution in [3.05, 3.63) is 35.5 Å². The summed E-state index contributed by atoms with van der Waals surface area (Å²) in [6.45, 7) is 0. The number of hydrogen-bond donors (Lipinski definition) is 2. The summed E-state index contributed by atoms with van der Waals surface area (Å²) in [6, 6.07) is 7.24. The molecule has 0 aliphatic heterocycles. The highest BCUT2D eigenvalue weighted by atomic mass is 35.5. The van der Waals surface area contributed by atoms with Crippen LogP contribution in [0.2, 0.25) is 5.02 Å². The molecule has 0 spiro atoms. The molecule has 2 aromatic rings. The van der Waals surface area contributed by atoms with Crippen molar-refractivity contribution in [1.29, 1.82) is 0 Å². The fourth-order valence-corrected chi connectivity index (χ4v) is 1.36. The molecule has 0 unspecified atom stereocenters. The maximum atomic E-state index is 5.85. The van der Waals surface area contributed by atoms with Gasteiger partial charge in [-0.3, -0.25) is 0 Å². The van der Waals surface area contributed by atoms with Crippen molar-refractivity contribution in [1.82, 2.24) is 9.97 Å². The number of nitrogens with zero attached hydrogens (tertiary/aromatic N) is 2. The summed E-state index contributed by atoms with van der Waals surface area (Å²) < 4.78 is 0. The number of benzene rings is 1. The van der Waals surface area contributed by atoms with Crippen molar-refractivity contribution in [3.8, 4) is 11.4 Å². The standard InChI is InChI=1S/C10H9ClN4/c11-7-3-1-2-6(4-7)10-14-5-8(12)9(13)15-10/h1-5H,12H2,(H2,13,14,15). The van der Waals surface area contributed by atoms with Gasteiger partial charge in [-0.1, -0.05) is 23.7 Å². The molecule has 1 heterocycles. The summed E-state index contributed by atoms with van der Waals surface area (Å²) in [5.41, 5.74) is 12.3. The van der Waals surface area contributed by atoms with Gasteiger partial charge in [0.05, 0.1) is 11.9 Å². The Morgan fingerprint density at radius 2 is 2.00 bits per heavy atom. The second-order valence-electron chi connectivity index (χ2n) is 3.04. The van der Waals surface area contributed by atoms with Crippen LogP contribution >= 0.6 is 11.6 Å². The Bertz CT molecular complexity index is 499. The highest BCUT2D eigenvalue weighted by Gasteiger charge is 2.04. The van der Waals surface area contributed by atoms with E-state index in [0.29, 0.717) is 16.5 Å². The van der Waals surface area contributed by atoms with Gasteiger partial charge >= 0.3 is 0 Å². The number of halogens is 1. The number of anilines is 2. The summed E-state index contributed by atoms with van der Waals surface area (Å²) >= 11 is 5.85. The summed E-state index contributed by atoms with van der Waals surface area (Å²) in [4.78, 5) is 8.14. The first-order chi connectivity index (χ1) is 7.16. The highest BCUT2D eigenvalue weighted by molar-refractivity contribution is 6.30. The molecule has 0 bridgehead atoms. The second-order valence-corrected chi connectivity index (χ2v) is 3.48. The quantitative estimate of drug-likeness (QED) is 0.770. The number of aromatic nitrogens is 2. The number of nitrogens with two attached hydrogens (primary N) is 2. The van der Waals surface area contributed by atoms with E-state index in [9.17, 15) is 0 Å². The number of nitrogen functional groups attached to an aromatic ring is 2. The molecule has 0 radical (unpaired) electrons. The Labute approximate surface area is 91.9 Å². The molecule has 0 aliphatic rings. The summed E-state index contributed by atoms with van der Waals surface area (Å²) in [7, 11) is 0. The molecule has 15 heavy (non-hydrogen) atoms. The zero-order valence-corrected chi connectivity index (χ0v) is 8.57. The van der Waals surface area contributed by atoms with Crippen LogP contribution in [0.5, 0.6) is 0 Å². The third kappa shape index (κ3) is 1.99. The zero-order chi connectivity index (χ0) is 10.8. The zero-order valence-electron chi connectivity index (χ0n) is 7.81. The van der Waals surface area contributed by atoms with Gasteiger partial charge in [-0.05, 0) is 12.1 Å². The first kappa shape index (κ1) is 9.73. The second kappa shape index (κ2) is 3.74. The van der Waals surface area contributed by atoms with Crippen LogP contribution in [0.25, 0.3) is 11.4 Å². The minimum Gasteiger partial charge on any atom is -0.394 e. The third-order valence-corrected chi connectivity index (χ3v) is 2.17. The van der Waals surface area contributed by atoms with E-state index in [0.717, 1.165) is 5.56 Å². The highest BCUT2D eigenvalue weighted by Crippen LogP contribution is 2.21. The predicted octanol–water partition coefficient (Wildman–Crippen LogP) is 1.96. The Hall–Kier alpha value is -1.81. The fraction of sp³-hybridized carbons (Fsp3) is 0. The van der Waals surface area contributed by atoms with Gasteiger partial charge in [-0.2, -0.15) is 0 Å². The van der Waals surface area contributed by atoms with E-state index in [1.807, 2.05) is 12.1 Å². The summed E-state index contributed by atoms with van der Waals surface area (Å²) in [6.07, 6.45) is 1.48. The van der Waals surface area contributed by atoms with Gasteiger partial charge < -0.3 is 11.5 Å². The van der Waals surface area contributed by atoms with Gasteiger partial charge in [-0.25, -0.2) is 9.97 Å². The lowest BCUT2D eigenvalue weighted by Gasteiger charge is -2.03. The molecule has 0 saturated heterocycles. The monoisotopic (exact) mass is 220 g/mol. The molecule has 2 rings (SSSR count). The van der Waals surface area contributed by atoms with Crippen LogP contribution < -0.4 is 11.5 Å². The minimum absolute atomic E-state index is 0.278. The lowest BCUT2D eigenvalue weighted by atomic mass is 10.2. The van der Waals surface area contributed by atoms with Crippen LogP contribution in [0.3, 0.4) is 0 Å². The van der Waals surface area contributed by atoms with Crippen molar-refractivity contribution in [2.24, 2.45) is 0 Å². The molecule has 4 nitrogen and oxygen atoms in total. The van der Waals surface area contributed by atoms with E-state index in [2.05, 4.69) is 9.97 Å². The SMILES string of the molecule is Nc1cnc(-c2cccc(Cl)c2)nc1N. The van der Waals surface area contributed by atoms with Crippen LogP contribution in [-0.2, 0) is 0 Å². The molecule has 0 fully saturated rings. The van der Waals surface area contributed by atoms with Crippen LogP contribution in [0.1, 0.15) is 0 Å². The molecule has 1 aromatic heterocycles. The smallest absolute Gasteiger partial charge is 0.161 e. The van der Waals surface area contributed by atoms with Crippen LogP contribution in [0, 0.1) is 0 Å². The molecular formula is C10H9ClN4. The van der Waals surface area contributed by atoms with Crippen molar-refractivity contribution < 1.29 is 0 Å². The van der Waals surface area contributed by atoms with Crippen LogP contribution in [-0.4, -0.2) is 9.97 Å². The van der Waals surface area contributed by atoms with E-state index >= 15 is 0 Å². The van der Waals surface area contributed by atoms with E-state index in [1.54, 1.807) is 12.1 Å². The van der Waals surface area contributed by atoms with Crippen molar-refractivity contribution in [2.75, 3.05) is 11.5 Å². The molecule has 0 saturated carbocycles. The molecule has 0 amide bonds. The number of rotatable bonds is 1. The Morgan fingerprint density at radius 1 is 1.20 bits per heavy atom. The number of hydrogen-bond acceptors (Lipinski definition) is 4. The van der Waals surface area contributed by atoms with E-state index in [1.165, 1.54) is 6.20 Å². The van der Waals surface area contributed by atoms with Gasteiger partial charge in [0, 0.05) is 10.6 Å². The Morgan fingerprint density at radius 3 is 2.67 bits per heavy atom.